The Morgan fingerprint density at radius 1 is 1.12 bits per heavy atom. The quantitative estimate of drug-likeness (QED) is 0.841. The van der Waals surface area contributed by atoms with Gasteiger partial charge in [-0.25, -0.2) is 0 Å². The summed E-state index contributed by atoms with van der Waals surface area (Å²) in [4.78, 5) is 23.5. The third-order valence-corrected chi connectivity index (χ3v) is 2.99. The van der Waals surface area contributed by atoms with Gasteiger partial charge in [-0.05, 0) is 54.1 Å². The lowest BCUT2D eigenvalue weighted by Gasteiger charge is -2.18. The van der Waals surface area contributed by atoms with Crippen LogP contribution < -0.4 is 4.74 Å². The first-order chi connectivity index (χ1) is 8.00. The van der Waals surface area contributed by atoms with Crippen LogP contribution in [0.15, 0.2) is 28.8 Å². The maximum absolute atomic E-state index is 11.8. The van der Waals surface area contributed by atoms with E-state index in [-0.39, 0.29) is 17.7 Å². The van der Waals surface area contributed by atoms with E-state index in [2.05, 4.69) is 15.9 Å². The Bertz CT molecular complexity index is 530. The first-order valence-corrected chi connectivity index (χ1v) is 6.06. The van der Waals surface area contributed by atoms with Gasteiger partial charge in [-0.3, -0.25) is 9.59 Å². The summed E-state index contributed by atoms with van der Waals surface area (Å²) in [5, 5.41) is 0. The van der Waals surface area contributed by atoms with Crippen molar-refractivity contribution in [2.24, 2.45) is 0 Å². The molecule has 0 spiro atoms. The Labute approximate surface area is 108 Å². The molecule has 0 saturated heterocycles. The average Bonchev–Trinajstić information content (AvgIpc) is 2.26. The molecule has 0 radical (unpaired) electrons. The van der Waals surface area contributed by atoms with Gasteiger partial charge >= 0.3 is 0 Å². The maximum Gasteiger partial charge on any atom is 0.190 e. The zero-order chi connectivity index (χ0) is 12.6. The first kappa shape index (κ1) is 12.0. The molecular formula is C13H11BrO3. The van der Waals surface area contributed by atoms with Crippen molar-refractivity contribution in [2.45, 2.75) is 20.0 Å². The number of carbonyl (C=O) groups is 2. The molecule has 1 aromatic rings. The van der Waals surface area contributed by atoms with Crippen LogP contribution in [0.4, 0.5) is 0 Å². The van der Waals surface area contributed by atoms with Crippen LogP contribution in [0.3, 0.4) is 0 Å². The molecule has 0 unspecified atom stereocenters. The molecule has 2 rings (SSSR count). The molecule has 3 nitrogen and oxygen atoms in total. The molecule has 0 heterocycles. The largest absolute Gasteiger partial charge is 0.489 e. The fourth-order valence-corrected chi connectivity index (χ4v) is 2.11. The normalized spacial score (nSPS) is 14.1. The predicted octanol–water partition coefficient (Wildman–Crippen LogP) is 3.17. The van der Waals surface area contributed by atoms with Crippen molar-refractivity contribution < 1.29 is 14.3 Å². The number of halogens is 1. The summed E-state index contributed by atoms with van der Waals surface area (Å²) >= 11 is 3.34. The number of ether oxygens (including phenoxy) is 1. The number of allylic oxidation sites excluding steroid dienone is 2. The third kappa shape index (κ3) is 2.17. The van der Waals surface area contributed by atoms with Gasteiger partial charge in [-0.1, -0.05) is 0 Å². The minimum absolute atomic E-state index is 0.0633. The van der Waals surface area contributed by atoms with Crippen molar-refractivity contribution >= 4 is 27.5 Å². The second-order valence-corrected chi connectivity index (χ2v) is 4.88. The summed E-state index contributed by atoms with van der Waals surface area (Å²) in [6, 6.07) is 3.36. The minimum atomic E-state index is -0.198. The highest BCUT2D eigenvalue weighted by atomic mass is 79.9. The summed E-state index contributed by atoms with van der Waals surface area (Å²) < 4.78 is 6.29. The topological polar surface area (TPSA) is 43.4 Å². The SMILES string of the molecule is CC(C)Oc1c(Br)ccc2c1C(=O)C=CC2=O. The lowest BCUT2D eigenvalue weighted by atomic mass is 9.94. The van der Waals surface area contributed by atoms with Crippen LogP contribution in [0.2, 0.25) is 0 Å². The van der Waals surface area contributed by atoms with Crippen LogP contribution in [0.1, 0.15) is 34.6 Å². The van der Waals surface area contributed by atoms with Gasteiger partial charge < -0.3 is 4.74 Å². The molecule has 0 atom stereocenters. The van der Waals surface area contributed by atoms with E-state index >= 15 is 0 Å². The minimum Gasteiger partial charge on any atom is -0.489 e. The van der Waals surface area contributed by atoms with E-state index in [0.29, 0.717) is 21.3 Å². The number of carbonyl (C=O) groups excluding carboxylic acids is 2. The standard InChI is InChI=1S/C13H11BrO3/c1-7(2)17-13-9(14)4-3-8-10(15)5-6-11(16)12(8)13/h3-7H,1-2H3. The number of rotatable bonds is 2. The van der Waals surface area contributed by atoms with Crippen molar-refractivity contribution in [1.29, 1.82) is 0 Å². The van der Waals surface area contributed by atoms with Gasteiger partial charge in [0, 0.05) is 5.56 Å². The fourth-order valence-electron chi connectivity index (χ4n) is 1.68. The van der Waals surface area contributed by atoms with Crippen LogP contribution in [0, 0.1) is 0 Å². The van der Waals surface area contributed by atoms with E-state index in [9.17, 15) is 9.59 Å². The molecule has 1 aromatic carbocycles. The van der Waals surface area contributed by atoms with Gasteiger partial charge in [0.1, 0.15) is 5.75 Å². The Balaban J connectivity index is 2.64. The van der Waals surface area contributed by atoms with Gasteiger partial charge in [-0.15, -0.1) is 0 Å². The molecule has 1 aliphatic rings. The predicted molar refractivity (Wildman–Crippen MR) is 67.7 cm³/mol. The van der Waals surface area contributed by atoms with Gasteiger partial charge in [0.05, 0.1) is 16.1 Å². The Morgan fingerprint density at radius 3 is 2.41 bits per heavy atom. The van der Waals surface area contributed by atoms with Crippen molar-refractivity contribution in [3.63, 3.8) is 0 Å². The molecule has 17 heavy (non-hydrogen) atoms. The smallest absolute Gasteiger partial charge is 0.190 e. The Kier molecular flexibility index (Phi) is 3.15. The van der Waals surface area contributed by atoms with Crippen molar-refractivity contribution in [3.8, 4) is 5.75 Å². The van der Waals surface area contributed by atoms with Crippen LogP contribution in [-0.2, 0) is 0 Å². The van der Waals surface area contributed by atoms with Crippen molar-refractivity contribution in [3.05, 3.63) is 39.9 Å². The number of ketones is 2. The van der Waals surface area contributed by atoms with E-state index in [1.165, 1.54) is 12.2 Å². The molecule has 0 amide bonds. The number of benzene rings is 1. The third-order valence-electron chi connectivity index (χ3n) is 2.36. The van der Waals surface area contributed by atoms with E-state index in [1.54, 1.807) is 12.1 Å². The zero-order valence-corrected chi connectivity index (χ0v) is 11.1. The lowest BCUT2D eigenvalue weighted by molar-refractivity contribution is 0.0988. The summed E-state index contributed by atoms with van der Waals surface area (Å²) in [6.07, 6.45) is 2.51. The molecule has 0 aromatic heterocycles. The van der Waals surface area contributed by atoms with Gasteiger partial charge in [0.25, 0.3) is 0 Å². The Morgan fingerprint density at radius 2 is 1.76 bits per heavy atom. The van der Waals surface area contributed by atoms with Crippen LogP contribution >= 0.6 is 15.9 Å². The summed E-state index contributed by atoms with van der Waals surface area (Å²) in [5.41, 5.74) is 0.747. The molecular weight excluding hydrogens is 284 g/mol. The molecule has 0 bridgehead atoms. The zero-order valence-electron chi connectivity index (χ0n) is 9.49. The molecule has 0 aliphatic heterocycles. The maximum atomic E-state index is 11.8. The van der Waals surface area contributed by atoms with Gasteiger partial charge in [0.2, 0.25) is 0 Å². The second-order valence-electron chi connectivity index (χ2n) is 4.03. The molecule has 4 heteroatoms. The summed E-state index contributed by atoms with van der Waals surface area (Å²) in [7, 11) is 0. The second kappa shape index (κ2) is 4.45. The van der Waals surface area contributed by atoms with E-state index < -0.39 is 0 Å². The molecule has 0 fully saturated rings. The molecule has 88 valence electrons. The fraction of sp³-hybridized carbons (Fsp3) is 0.231. The average molecular weight is 295 g/mol. The molecule has 0 N–H and O–H groups in total. The van der Waals surface area contributed by atoms with E-state index in [4.69, 9.17) is 4.74 Å². The van der Waals surface area contributed by atoms with Gasteiger partial charge in [-0.2, -0.15) is 0 Å². The summed E-state index contributed by atoms with van der Waals surface area (Å²) in [5.74, 6) is 0.0810. The first-order valence-electron chi connectivity index (χ1n) is 5.26. The highest BCUT2D eigenvalue weighted by Gasteiger charge is 2.25. The van der Waals surface area contributed by atoms with Crippen LogP contribution in [-0.4, -0.2) is 17.7 Å². The highest BCUT2D eigenvalue weighted by Crippen LogP contribution is 2.35. The summed E-state index contributed by atoms with van der Waals surface area (Å²) in [6.45, 7) is 3.74. The van der Waals surface area contributed by atoms with Gasteiger partial charge in [0.15, 0.2) is 11.6 Å². The molecule has 0 saturated carbocycles. The Hall–Kier alpha value is -1.42. The van der Waals surface area contributed by atoms with Crippen molar-refractivity contribution in [1.82, 2.24) is 0 Å². The van der Waals surface area contributed by atoms with Crippen molar-refractivity contribution in [2.75, 3.05) is 0 Å². The van der Waals surface area contributed by atoms with Crippen LogP contribution in [0.5, 0.6) is 5.75 Å². The van der Waals surface area contributed by atoms with E-state index in [0.717, 1.165) is 0 Å². The monoisotopic (exact) mass is 294 g/mol. The lowest BCUT2D eigenvalue weighted by Crippen LogP contribution is -2.16. The number of hydrogen-bond acceptors (Lipinski definition) is 3. The highest BCUT2D eigenvalue weighted by molar-refractivity contribution is 9.10. The molecule has 1 aliphatic carbocycles. The van der Waals surface area contributed by atoms with Crippen LogP contribution in [0.25, 0.3) is 0 Å². The number of fused-ring (bicyclic) bond motifs is 1. The number of hydrogen-bond donors (Lipinski definition) is 0. The van der Waals surface area contributed by atoms with E-state index in [1.807, 2.05) is 13.8 Å².